The van der Waals surface area contributed by atoms with Gasteiger partial charge in [-0.05, 0) is 0 Å². The van der Waals surface area contributed by atoms with Gasteiger partial charge in [-0.15, -0.1) is 0 Å². The molecule has 0 aromatic carbocycles. The van der Waals surface area contributed by atoms with Crippen LogP contribution in [0.1, 0.15) is 0 Å². The molecule has 0 aliphatic carbocycles. The zero-order chi connectivity index (χ0) is 2.71. The largest absolute Gasteiger partial charge is 0 e. The van der Waals surface area contributed by atoms with Crippen molar-refractivity contribution >= 4 is 35.8 Å². The molecule has 0 N–H and O–H groups in total. The number of rotatable bonds is 0. The molecule has 0 spiro atoms. The second-order valence-corrected chi connectivity index (χ2v) is 6.94. The Morgan fingerprint density at radius 3 is 1.75 bits per heavy atom. The van der Waals surface area contributed by atoms with E-state index in [1.807, 2.05) is 0 Å². The summed E-state index contributed by atoms with van der Waals surface area (Å²) in [5.74, 6) is 0. The minimum absolute atomic E-state index is 0. The van der Waals surface area contributed by atoms with E-state index in [2.05, 4.69) is 23.5 Å². The third kappa shape index (κ3) is 8.82. The fourth-order valence-electron chi connectivity index (χ4n) is 0. The number of hydrogen-bond donors (Lipinski definition) is 0. The summed E-state index contributed by atoms with van der Waals surface area (Å²) >= 11 is 2.86. The molecule has 0 saturated carbocycles. The molecule has 0 atom stereocenters. The molecule has 0 saturated heterocycles. The maximum Gasteiger partial charge on any atom is 0 e. The molecule has 3 heteroatoms. The van der Waals surface area contributed by atoms with E-state index in [1.54, 1.807) is 0 Å². The molecule has 0 aliphatic rings. The Hall–Kier alpha value is 2.56. The first-order valence-corrected chi connectivity index (χ1v) is 9.68. The van der Waals surface area contributed by atoms with Crippen molar-refractivity contribution in [2.75, 3.05) is 4.93 Å². The van der Waals surface area contributed by atoms with Crippen LogP contribution in [0, 0.1) is 0 Å². The van der Waals surface area contributed by atoms with E-state index in [-0.39, 0.29) is 32.7 Å². The summed E-state index contributed by atoms with van der Waals surface area (Å²) in [4.78, 5) is 2.24. The zero-order valence-electron chi connectivity index (χ0n) is 2.36. The van der Waals surface area contributed by atoms with E-state index in [9.17, 15) is 0 Å². The molecule has 25 valence electrons. The number of hydrogen-bond acceptors (Lipinski definition) is 0. The first kappa shape index (κ1) is 9.76. The Balaban J connectivity index is 0. The first-order chi connectivity index (χ1) is 1.41. The Morgan fingerprint density at radius 1 is 1.75 bits per heavy atom. The van der Waals surface area contributed by atoms with E-state index in [0.717, 1.165) is 0 Å². The van der Waals surface area contributed by atoms with Crippen LogP contribution in [0.4, 0.5) is 0 Å². The van der Waals surface area contributed by atoms with Gasteiger partial charge < -0.3 is 0 Å². The Morgan fingerprint density at radius 2 is 1.75 bits per heavy atom. The maximum atomic E-state index is 2.42. The minimum atomic E-state index is 0. The van der Waals surface area contributed by atoms with Gasteiger partial charge in [0.1, 0.15) is 0 Å². The van der Waals surface area contributed by atoms with Crippen LogP contribution in [-0.4, -0.2) is 4.93 Å². The fraction of sp³-hybridized carbons (Fsp3) is 1.00. The van der Waals surface area contributed by atoms with Gasteiger partial charge in [0.25, 0.3) is 0 Å². The summed E-state index contributed by atoms with van der Waals surface area (Å²) in [6.45, 7) is 0. The topological polar surface area (TPSA) is 0 Å². The average molecular weight is 359 g/mol. The molecule has 0 nitrogen and oxygen atoms in total. The van der Waals surface area contributed by atoms with Crippen LogP contribution >= 0.6 is 35.8 Å². The third-order valence-electron chi connectivity index (χ3n) is 0. The number of alkyl halides is 1. The van der Waals surface area contributed by atoms with Crippen molar-refractivity contribution in [3.8, 4) is 0 Å². The summed E-state index contributed by atoms with van der Waals surface area (Å²) in [7, 11) is 0. The van der Waals surface area contributed by atoms with Crippen molar-refractivity contribution in [2.24, 2.45) is 0 Å². The predicted molar refractivity (Wildman–Crippen MR) is 35.4 cm³/mol. The van der Waals surface area contributed by atoms with Gasteiger partial charge in [-0.2, -0.15) is 0 Å². The molecular weight excluding hydrogens is 355 g/mol. The molecule has 0 bridgehead atoms. The molecule has 4 heavy (non-hydrogen) atoms. The van der Waals surface area contributed by atoms with Crippen LogP contribution in [0.3, 0.4) is 0 Å². The second-order valence-electron chi connectivity index (χ2n) is 0.154. The van der Waals surface area contributed by atoms with Gasteiger partial charge in [0.15, 0.2) is 0 Å². The molecular formula is CH4I2Y. The Bertz CT molecular complexity index is 6.00. The van der Waals surface area contributed by atoms with Crippen molar-refractivity contribution in [2.45, 2.75) is 0 Å². The summed E-state index contributed by atoms with van der Waals surface area (Å²) in [6, 6.07) is 0. The molecule has 0 aliphatic heterocycles. The minimum Gasteiger partial charge on any atom is 0 e. The van der Waals surface area contributed by atoms with Crippen LogP contribution in [0.25, 0.3) is 0 Å². The van der Waals surface area contributed by atoms with Crippen LogP contribution in [0.15, 0.2) is 0 Å². The first-order valence-electron chi connectivity index (χ1n) is 0.563. The molecule has 0 fully saturated rings. The molecule has 0 amide bonds. The smallest absolute Gasteiger partial charge is 0 e. The van der Waals surface area contributed by atoms with Crippen molar-refractivity contribution in [3.05, 3.63) is 0 Å². The summed E-state index contributed by atoms with van der Waals surface area (Å²) in [5.41, 5.74) is 0. The monoisotopic (exact) mass is 359 g/mol. The van der Waals surface area contributed by atoms with Gasteiger partial charge in [0.05, 0.1) is 0 Å². The molecule has 0 unspecified atom stereocenters. The SMILES string of the molecule is C[IH]I.[Y]. The Labute approximate surface area is 71.8 Å². The normalized spacial score (nSPS) is 5.50. The van der Waals surface area contributed by atoms with Crippen LogP contribution in [0.5, 0.6) is 0 Å². The van der Waals surface area contributed by atoms with Crippen molar-refractivity contribution in [1.29, 1.82) is 0 Å². The molecule has 0 aromatic heterocycles. The molecule has 0 rings (SSSR count). The van der Waals surface area contributed by atoms with Gasteiger partial charge in [-0.3, -0.25) is 0 Å². The quantitative estimate of drug-likeness (QED) is 0.456. The number of halogens is 2. The average Bonchev–Trinajstić information content (AvgIpc) is 0.918. The van der Waals surface area contributed by atoms with Gasteiger partial charge in [-0.25, -0.2) is 0 Å². The van der Waals surface area contributed by atoms with Crippen LogP contribution < -0.4 is 0 Å². The maximum absolute atomic E-state index is 2.42. The predicted octanol–water partition coefficient (Wildman–Crippen LogP) is 1.67. The van der Waals surface area contributed by atoms with E-state index in [4.69, 9.17) is 0 Å². The third-order valence-corrected chi connectivity index (χ3v) is 0. The molecule has 1 radical (unpaired) electrons. The molecule has 0 heterocycles. The fourth-order valence-corrected chi connectivity index (χ4v) is 0. The standard InChI is InChI=1S/CH4I2.Y/c1-3-2;/h3H,1H3;. The van der Waals surface area contributed by atoms with Crippen LogP contribution in [0.2, 0.25) is 0 Å². The van der Waals surface area contributed by atoms with Gasteiger partial charge >= 0.3 is 40.8 Å². The van der Waals surface area contributed by atoms with Gasteiger partial charge in [0.2, 0.25) is 0 Å². The van der Waals surface area contributed by atoms with E-state index < -0.39 is 0 Å². The van der Waals surface area contributed by atoms with E-state index >= 15 is 0 Å². The van der Waals surface area contributed by atoms with Gasteiger partial charge in [-0.1, -0.05) is 0 Å². The summed E-state index contributed by atoms with van der Waals surface area (Å²) in [6.07, 6.45) is 0. The van der Waals surface area contributed by atoms with Crippen molar-refractivity contribution in [3.63, 3.8) is 0 Å². The summed E-state index contributed by atoms with van der Waals surface area (Å²) in [5, 5.41) is 0. The zero-order valence-corrected chi connectivity index (χ0v) is 9.69. The van der Waals surface area contributed by atoms with Gasteiger partial charge in [0, 0.05) is 32.7 Å². The van der Waals surface area contributed by atoms with E-state index in [0.29, 0.717) is 17.2 Å². The van der Waals surface area contributed by atoms with Crippen molar-refractivity contribution < 1.29 is 32.7 Å². The Kier molecular flexibility index (Phi) is 22.3. The molecule has 0 aromatic rings. The van der Waals surface area contributed by atoms with Crippen LogP contribution in [-0.2, 0) is 32.7 Å². The second kappa shape index (κ2) is 9.12. The van der Waals surface area contributed by atoms with Crippen molar-refractivity contribution in [1.82, 2.24) is 0 Å². The summed E-state index contributed by atoms with van der Waals surface area (Å²) < 4.78 is 0. The van der Waals surface area contributed by atoms with E-state index in [1.165, 1.54) is 0 Å².